The smallest absolute Gasteiger partial charge is 0.123 e. The first-order valence-electron chi connectivity index (χ1n) is 8.34. The lowest BCUT2D eigenvalue weighted by atomic mass is 10.0. The number of aromatic nitrogens is 3. The Morgan fingerprint density at radius 2 is 1.81 bits per heavy atom. The molecule has 1 aliphatic heterocycles. The standard InChI is InChI=1S/C19H21N5.2ClH/c20-18-12-14(6-9-21-18)13-24-10-7-16-17(8-11-24)22-23-19(16)15-4-2-1-3-5-15;;/h1-6,9,12H,7-8,10-11,13H2,(H2,20,21)(H,22,23);2*1H. The highest BCUT2D eigenvalue weighted by atomic mass is 35.5. The maximum Gasteiger partial charge on any atom is 0.123 e. The zero-order valence-corrected chi connectivity index (χ0v) is 16.0. The average Bonchev–Trinajstić information content (AvgIpc) is 2.91. The van der Waals surface area contributed by atoms with Crippen LogP contribution in [0.2, 0.25) is 0 Å². The van der Waals surface area contributed by atoms with Crippen molar-refractivity contribution >= 4 is 30.6 Å². The van der Waals surface area contributed by atoms with E-state index in [1.54, 1.807) is 6.20 Å². The third-order valence-electron chi connectivity index (χ3n) is 4.61. The Kier molecular flexibility index (Phi) is 7.03. The summed E-state index contributed by atoms with van der Waals surface area (Å²) >= 11 is 0. The number of nitrogens with two attached hydrogens (primary N) is 1. The van der Waals surface area contributed by atoms with E-state index in [0.29, 0.717) is 5.82 Å². The number of fused-ring (bicyclic) bond motifs is 1. The maximum absolute atomic E-state index is 5.79. The minimum Gasteiger partial charge on any atom is -0.384 e. The zero-order valence-electron chi connectivity index (χ0n) is 14.4. The van der Waals surface area contributed by atoms with Crippen LogP contribution in [0.4, 0.5) is 5.82 Å². The molecule has 2 aromatic heterocycles. The van der Waals surface area contributed by atoms with E-state index >= 15 is 0 Å². The van der Waals surface area contributed by atoms with E-state index in [-0.39, 0.29) is 24.8 Å². The van der Waals surface area contributed by atoms with E-state index in [2.05, 4.69) is 44.3 Å². The Morgan fingerprint density at radius 3 is 2.58 bits per heavy atom. The van der Waals surface area contributed by atoms with Crippen molar-refractivity contribution in [3.8, 4) is 11.3 Å². The molecule has 1 aliphatic rings. The van der Waals surface area contributed by atoms with Gasteiger partial charge in [0.25, 0.3) is 0 Å². The number of hydrogen-bond donors (Lipinski definition) is 2. The van der Waals surface area contributed by atoms with Crippen molar-refractivity contribution in [1.29, 1.82) is 0 Å². The summed E-state index contributed by atoms with van der Waals surface area (Å²) in [6.45, 7) is 2.95. The van der Waals surface area contributed by atoms with Crippen molar-refractivity contribution in [2.45, 2.75) is 19.4 Å². The monoisotopic (exact) mass is 391 g/mol. The number of benzene rings is 1. The Hall–Kier alpha value is -2.08. The van der Waals surface area contributed by atoms with Gasteiger partial charge < -0.3 is 5.73 Å². The molecule has 7 heteroatoms. The maximum atomic E-state index is 5.79. The number of nitrogen functional groups attached to an aromatic ring is 1. The predicted molar refractivity (Wildman–Crippen MR) is 110 cm³/mol. The first-order valence-corrected chi connectivity index (χ1v) is 8.34. The summed E-state index contributed by atoms with van der Waals surface area (Å²) in [5.74, 6) is 0.586. The summed E-state index contributed by atoms with van der Waals surface area (Å²) in [5, 5.41) is 7.81. The third-order valence-corrected chi connectivity index (χ3v) is 4.61. The molecule has 4 rings (SSSR count). The van der Waals surface area contributed by atoms with Crippen LogP contribution in [0.5, 0.6) is 0 Å². The number of nitrogens with one attached hydrogen (secondary N) is 1. The van der Waals surface area contributed by atoms with E-state index in [9.17, 15) is 0 Å². The van der Waals surface area contributed by atoms with E-state index in [4.69, 9.17) is 5.73 Å². The number of aromatic amines is 1. The fourth-order valence-electron chi connectivity index (χ4n) is 3.37. The van der Waals surface area contributed by atoms with Gasteiger partial charge in [-0.3, -0.25) is 10.00 Å². The molecular weight excluding hydrogens is 369 g/mol. The van der Waals surface area contributed by atoms with Gasteiger partial charge in [-0.25, -0.2) is 4.98 Å². The third kappa shape index (κ3) is 4.36. The van der Waals surface area contributed by atoms with Gasteiger partial charge >= 0.3 is 0 Å². The largest absolute Gasteiger partial charge is 0.384 e. The van der Waals surface area contributed by atoms with Gasteiger partial charge in [-0.05, 0) is 24.1 Å². The number of rotatable bonds is 3. The summed E-state index contributed by atoms with van der Waals surface area (Å²) in [5.41, 5.74) is 11.9. The Labute approximate surface area is 165 Å². The van der Waals surface area contributed by atoms with Crippen LogP contribution in [0.3, 0.4) is 0 Å². The summed E-state index contributed by atoms with van der Waals surface area (Å²) in [4.78, 5) is 6.54. The van der Waals surface area contributed by atoms with Crippen molar-refractivity contribution in [2.24, 2.45) is 0 Å². The van der Waals surface area contributed by atoms with E-state index in [1.807, 2.05) is 18.2 Å². The molecule has 0 bridgehead atoms. The molecule has 0 fully saturated rings. The number of hydrogen-bond acceptors (Lipinski definition) is 4. The topological polar surface area (TPSA) is 70.8 Å². The van der Waals surface area contributed by atoms with Gasteiger partial charge in [0.05, 0.1) is 5.69 Å². The lowest BCUT2D eigenvalue weighted by molar-refractivity contribution is 0.278. The summed E-state index contributed by atoms with van der Waals surface area (Å²) in [6.07, 6.45) is 3.79. The molecule has 26 heavy (non-hydrogen) atoms. The first-order chi connectivity index (χ1) is 11.8. The second-order valence-corrected chi connectivity index (χ2v) is 6.26. The molecule has 0 amide bonds. The molecule has 3 N–H and O–H groups in total. The molecule has 0 radical (unpaired) electrons. The number of halogens is 2. The predicted octanol–water partition coefficient (Wildman–Crippen LogP) is 3.50. The SMILES string of the molecule is Cl.Cl.Nc1cc(CN2CCc3[nH]nc(-c4ccccc4)c3CC2)ccn1. The molecule has 138 valence electrons. The van der Waals surface area contributed by atoms with Gasteiger partial charge in [-0.15, -0.1) is 24.8 Å². The van der Waals surface area contributed by atoms with E-state index < -0.39 is 0 Å². The highest BCUT2D eigenvalue weighted by Crippen LogP contribution is 2.26. The van der Waals surface area contributed by atoms with Crippen LogP contribution >= 0.6 is 24.8 Å². The Morgan fingerprint density at radius 1 is 1.04 bits per heavy atom. The van der Waals surface area contributed by atoms with Crippen LogP contribution in [0.1, 0.15) is 16.8 Å². The van der Waals surface area contributed by atoms with Crippen LogP contribution in [0.15, 0.2) is 48.7 Å². The molecule has 0 atom stereocenters. The van der Waals surface area contributed by atoms with Gasteiger partial charge in [-0.1, -0.05) is 30.3 Å². The Bertz CT molecular complexity index is 835. The van der Waals surface area contributed by atoms with Crippen LogP contribution in [-0.4, -0.2) is 33.2 Å². The normalized spacial score (nSPS) is 13.8. The fraction of sp³-hybridized carbons (Fsp3) is 0.263. The summed E-state index contributed by atoms with van der Waals surface area (Å²) in [6, 6.07) is 14.4. The van der Waals surface area contributed by atoms with Gasteiger partial charge in [-0.2, -0.15) is 5.10 Å². The summed E-state index contributed by atoms with van der Waals surface area (Å²) in [7, 11) is 0. The van der Waals surface area contributed by atoms with Crippen LogP contribution in [0.25, 0.3) is 11.3 Å². The van der Waals surface area contributed by atoms with Crippen molar-refractivity contribution < 1.29 is 0 Å². The quantitative estimate of drug-likeness (QED) is 0.716. The van der Waals surface area contributed by atoms with Gasteiger partial charge in [0.15, 0.2) is 0 Å². The molecule has 1 aromatic carbocycles. The zero-order chi connectivity index (χ0) is 16.4. The molecule has 0 unspecified atom stereocenters. The number of anilines is 1. The molecule has 3 heterocycles. The lowest BCUT2D eigenvalue weighted by Crippen LogP contribution is -2.26. The van der Waals surface area contributed by atoms with Gasteiger partial charge in [0.2, 0.25) is 0 Å². The summed E-state index contributed by atoms with van der Waals surface area (Å²) < 4.78 is 0. The molecule has 0 saturated carbocycles. The highest BCUT2D eigenvalue weighted by Gasteiger charge is 2.20. The average molecular weight is 392 g/mol. The van der Waals surface area contributed by atoms with Crippen molar-refractivity contribution in [3.05, 3.63) is 65.5 Å². The minimum absolute atomic E-state index is 0. The second-order valence-electron chi connectivity index (χ2n) is 6.26. The van der Waals surface area contributed by atoms with Crippen LogP contribution in [-0.2, 0) is 19.4 Å². The first kappa shape index (κ1) is 20.2. The van der Waals surface area contributed by atoms with Crippen molar-refractivity contribution in [1.82, 2.24) is 20.1 Å². The minimum atomic E-state index is 0. The molecule has 0 saturated heterocycles. The van der Waals surface area contributed by atoms with Crippen LogP contribution in [0, 0.1) is 0 Å². The highest BCUT2D eigenvalue weighted by molar-refractivity contribution is 5.85. The van der Waals surface area contributed by atoms with Crippen molar-refractivity contribution in [2.75, 3.05) is 18.8 Å². The van der Waals surface area contributed by atoms with Crippen molar-refractivity contribution in [3.63, 3.8) is 0 Å². The molecular formula is C19H23Cl2N5. The van der Waals surface area contributed by atoms with E-state index in [1.165, 1.54) is 22.4 Å². The molecule has 0 aliphatic carbocycles. The molecule has 0 spiro atoms. The van der Waals surface area contributed by atoms with Gasteiger partial charge in [0, 0.05) is 49.1 Å². The lowest BCUT2D eigenvalue weighted by Gasteiger charge is -2.19. The Balaban J connectivity index is 0.00000121. The van der Waals surface area contributed by atoms with E-state index in [0.717, 1.165) is 38.2 Å². The number of H-pyrrole nitrogens is 1. The second kappa shape index (κ2) is 9.03. The van der Waals surface area contributed by atoms with Gasteiger partial charge in [0.1, 0.15) is 5.82 Å². The fourth-order valence-corrected chi connectivity index (χ4v) is 3.37. The molecule has 3 aromatic rings. The number of pyridine rings is 1. The molecule has 5 nitrogen and oxygen atoms in total. The number of nitrogens with zero attached hydrogens (tertiary/aromatic N) is 3. The van der Waals surface area contributed by atoms with Crippen LogP contribution < -0.4 is 5.73 Å².